The topological polar surface area (TPSA) is 50.4 Å². The van der Waals surface area contributed by atoms with Gasteiger partial charge in [0.05, 0.1) is 6.61 Å². The monoisotopic (exact) mass is 288 g/mol. The van der Waals surface area contributed by atoms with E-state index in [1.165, 1.54) is 24.8 Å². The highest BCUT2D eigenvalue weighted by molar-refractivity contribution is 5.74. The number of ether oxygens (including phenoxy) is 1. The minimum atomic E-state index is -0.0455. The van der Waals surface area contributed by atoms with Crippen molar-refractivity contribution in [3.63, 3.8) is 0 Å². The van der Waals surface area contributed by atoms with Crippen molar-refractivity contribution in [2.24, 2.45) is 0 Å². The standard InChI is InChI=1S/C17H24N2O2/c20-17(19-15-6-2-1-3-7-15)18-12-13-8-9-16-14(11-13)5-4-10-21-16/h8-9,11,15H,1-7,10,12H2,(H2,18,19,20). The van der Waals surface area contributed by atoms with Crippen molar-refractivity contribution in [1.82, 2.24) is 10.6 Å². The lowest BCUT2D eigenvalue weighted by atomic mass is 9.96. The van der Waals surface area contributed by atoms with E-state index in [0.717, 1.165) is 43.6 Å². The molecule has 0 spiro atoms. The van der Waals surface area contributed by atoms with Crippen LogP contribution in [-0.2, 0) is 13.0 Å². The minimum Gasteiger partial charge on any atom is -0.493 e. The Morgan fingerprint density at radius 1 is 1.19 bits per heavy atom. The zero-order valence-electron chi connectivity index (χ0n) is 12.5. The molecule has 1 heterocycles. The molecule has 0 unspecified atom stereocenters. The average molecular weight is 288 g/mol. The lowest BCUT2D eigenvalue weighted by molar-refractivity contribution is 0.232. The predicted octanol–water partition coefficient (Wildman–Crippen LogP) is 3.14. The van der Waals surface area contributed by atoms with Gasteiger partial charge in [0, 0.05) is 12.6 Å². The first kappa shape index (κ1) is 14.2. The van der Waals surface area contributed by atoms with Crippen LogP contribution >= 0.6 is 0 Å². The number of aryl methyl sites for hydroxylation is 1. The summed E-state index contributed by atoms with van der Waals surface area (Å²) in [6.45, 7) is 1.39. The molecule has 1 aromatic rings. The molecule has 0 atom stereocenters. The molecule has 2 N–H and O–H groups in total. The Morgan fingerprint density at radius 3 is 2.90 bits per heavy atom. The van der Waals surface area contributed by atoms with Crippen molar-refractivity contribution in [3.8, 4) is 5.75 Å². The fourth-order valence-electron chi connectivity index (χ4n) is 3.19. The third-order valence-electron chi connectivity index (χ3n) is 4.37. The summed E-state index contributed by atoms with van der Waals surface area (Å²) in [7, 11) is 0. The molecule has 4 heteroatoms. The molecule has 1 aromatic carbocycles. The summed E-state index contributed by atoms with van der Waals surface area (Å²) in [5.74, 6) is 0.997. The van der Waals surface area contributed by atoms with Crippen LogP contribution in [0.3, 0.4) is 0 Å². The maximum Gasteiger partial charge on any atom is 0.315 e. The fraction of sp³-hybridized carbons (Fsp3) is 0.588. The molecule has 1 aliphatic heterocycles. The van der Waals surface area contributed by atoms with Crippen molar-refractivity contribution in [1.29, 1.82) is 0 Å². The quantitative estimate of drug-likeness (QED) is 0.897. The smallest absolute Gasteiger partial charge is 0.315 e. The number of fused-ring (bicyclic) bond motifs is 1. The third kappa shape index (κ3) is 3.90. The Kier molecular flexibility index (Phi) is 4.63. The van der Waals surface area contributed by atoms with E-state index in [1.807, 2.05) is 12.1 Å². The molecule has 114 valence electrons. The molecule has 1 fully saturated rings. The van der Waals surface area contributed by atoms with Crippen LogP contribution < -0.4 is 15.4 Å². The number of urea groups is 1. The van der Waals surface area contributed by atoms with E-state index >= 15 is 0 Å². The van der Waals surface area contributed by atoms with Gasteiger partial charge >= 0.3 is 6.03 Å². The van der Waals surface area contributed by atoms with Gasteiger partial charge in [-0.1, -0.05) is 31.4 Å². The molecule has 21 heavy (non-hydrogen) atoms. The number of carbonyl (C=O) groups is 1. The number of carbonyl (C=O) groups excluding carboxylic acids is 1. The Bertz CT molecular complexity index is 496. The van der Waals surface area contributed by atoms with Crippen molar-refractivity contribution in [3.05, 3.63) is 29.3 Å². The van der Waals surface area contributed by atoms with Crippen LogP contribution in [0.4, 0.5) is 4.79 Å². The van der Waals surface area contributed by atoms with Crippen molar-refractivity contribution >= 4 is 6.03 Å². The Balaban J connectivity index is 1.49. The van der Waals surface area contributed by atoms with E-state index in [2.05, 4.69) is 16.7 Å². The molecule has 0 radical (unpaired) electrons. The summed E-state index contributed by atoms with van der Waals surface area (Å²) >= 11 is 0. The first-order valence-electron chi connectivity index (χ1n) is 8.10. The van der Waals surface area contributed by atoms with Crippen LogP contribution in [-0.4, -0.2) is 18.7 Å². The van der Waals surface area contributed by atoms with Crippen molar-refractivity contribution in [2.75, 3.05) is 6.61 Å². The Morgan fingerprint density at radius 2 is 2.05 bits per heavy atom. The molecule has 1 aliphatic carbocycles. The molecular weight excluding hydrogens is 264 g/mol. The minimum absolute atomic E-state index is 0.0455. The van der Waals surface area contributed by atoms with Gasteiger partial charge in [-0.05, 0) is 42.9 Å². The van der Waals surface area contributed by atoms with Gasteiger partial charge in [0.15, 0.2) is 0 Å². The van der Waals surface area contributed by atoms with Gasteiger partial charge in [-0.25, -0.2) is 4.79 Å². The number of benzene rings is 1. The van der Waals surface area contributed by atoms with E-state index in [0.29, 0.717) is 12.6 Å². The van der Waals surface area contributed by atoms with E-state index < -0.39 is 0 Å². The van der Waals surface area contributed by atoms with Gasteiger partial charge in [-0.3, -0.25) is 0 Å². The van der Waals surface area contributed by atoms with Crippen LogP contribution in [0.5, 0.6) is 5.75 Å². The first-order chi connectivity index (χ1) is 10.3. The van der Waals surface area contributed by atoms with Crippen LogP contribution in [0, 0.1) is 0 Å². The Labute approximate surface area is 126 Å². The molecule has 0 aromatic heterocycles. The number of hydrogen-bond donors (Lipinski definition) is 2. The lowest BCUT2D eigenvalue weighted by Gasteiger charge is -2.23. The summed E-state index contributed by atoms with van der Waals surface area (Å²) in [4.78, 5) is 11.9. The highest BCUT2D eigenvalue weighted by Crippen LogP contribution is 2.25. The first-order valence-corrected chi connectivity index (χ1v) is 8.10. The highest BCUT2D eigenvalue weighted by atomic mass is 16.5. The van der Waals surface area contributed by atoms with Crippen LogP contribution in [0.25, 0.3) is 0 Å². The van der Waals surface area contributed by atoms with E-state index in [4.69, 9.17) is 4.74 Å². The molecule has 4 nitrogen and oxygen atoms in total. The van der Waals surface area contributed by atoms with Gasteiger partial charge < -0.3 is 15.4 Å². The van der Waals surface area contributed by atoms with Crippen LogP contribution in [0.1, 0.15) is 49.7 Å². The summed E-state index contributed by atoms with van der Waals surface area (Å²) in [5.41, 5.74) is 2.39. The molecule has 2 aliphatic rings. The number of nitrogens with one attached hydrogen (secondary N) is 2. The summed E-state index contributed by atoms with van der Waals surface area (Å²) in [6.07, 6.45) is 8.14. The summed E-state index contributed by atoms with van der Waals surface area (Å²) in [6, 6.07) is 6.51. The van der Waals surface area contributed by atoms with Gasteiger partial charge in [-0.2, -0.15) is 0 Å². The van der Waals surface area contributed by atoms with Crippen molar-refractivity contribution < 1.29 is 9.53 Å². The van der Waals surface area contributed by atoms with E-state index in [1.54, 1.807) is 0 Å². The number of amides is 2. The molecule has 0 saturated heterocycles. The SMILES string of the molecule is O=C(NCc1ccc2c(c1)CCCO2)NC1CCCCC1. The molecular formula is C17H24N2O2. The van der Waals surface area contributed by atoms with Crippen LogP contribution in [0.15, 0.2) is 18.2 Å². The second-order valence-electron chi connectivity index (χ2n) is 6.06. The predicted molar refractivity (Wildman–Crippen MR) is 82.5 cm³/mol. The maximum absolute atomic E-state index is 11.9. The van der Waals surface area contributed by atoms with E-state index in [-0.39, 0.29) is 6.03 Å². The van der Waals surface area contributed by atoms with E-state index in [9.17, 15) is 4.79 Å². The molecule has 0 bridgehead atoms. The van der Waals surface area contributed by atoms with Gasteiger partial charge in [0.2, 0.25) is 0 Å². The number of rotatable bonds is 3. The zero-order chi connectivity index (χ0) is 14.5. The molecule has 3 rings (SSSR count). The largest absolute Gasteiger partial charge is 0.493 e. The fourth-order valence-corrected chi connectivity index (χ4v) is 3.19. The maximum atomic E-state index is 11.9. The summed E-state index contributed by atoms with van der Waals surface area (Å²) < 4.78 is 5.60. The van der Waals surface area contributed by atoms with Gasteiger partial charge in [0.25, 0.3) is 0 Å². The summed E-state index contributed by atoms with van der Waals surface area (Å²) in [5, 5.41) is 6.04. The Hall–Kier alpha value is -1.71. The second-order valence-corrected chi connectivity index (χ2v) is 6.06. The van der Waals surface area contributed by atoms with Gasteiger partial charge in [-0.15, -0.1) is 0 Å². The van der Waals surface area contributed by atoms with Crippen molar-refractivity contribution in [2.45, 2.75) is 57.5 Å². The molecule has 1 saturated carbocycles. The molecule has 2 amide bonds. The highest BCUT2D eigenvalue weighted by Gasteiger charge is 2.15. The third-order valence-corrected chi connectivity index (χ3v) is 4.37. The van der Waals surface area contributed by atoms with Gasteiger partial charge in [0.1, 0.15) is 5.75 Å². The van der Waals surface area contributed by atoms with Crippen LogP contribution in [0.2, 0.25) is 0 Å². The average Bonchev–Trinajstić information content (AvgIpc) is 2.54. The lowest BCUT2D eigenvalue weighted by Crippen LogP contribution is -2.42. The second kappa shape index (κ2) is 6.83. The number of hydrogen-bond acceptors (Lipinski definition) is 2. The normalized spacial score (nSPS) is 18.5. The zero-order valence-corrected chi connectivity index (χ0v) is 12.5.